The van der Waals surface area contributed by atoms with Crippen molar-refractivity contribution in [3.8, 4) is 78.3 Å². The summed E-state index contributed by atoms with van der Waals surface area (Å²) in [5.41, 5.74) is 16.8. The van der Waals surface area contributed by atoms with Gasteiger partial charge in [0.1, 0.15) is 0 Å². The van der Waals surface area contributed by atoms with E-state index in [1.54, 1.807) is 0 Å². The quantitative estimate of drug-likeness (QED) is 0.172. The van der Waals surface area contributed by atoms with Gasteiger partial charge >= 0.3 is 0 Å². The lowest BCUT2D eigenvalue weighted by Crippen LogP contribution is -2.17. The molecular weight excluding hydrogens is 665 g/mol. The van der Waals surface area contributed by atoms with Crippen molar-refractivity contribution in [3.63, 3.8) is 0 Å². The maximum absolute atomic E-state index is 5.52. The van der Waals surface area contributed by atoms with E-state index in [4.69, 9.17) is 9.97 Å². The third-order valence-corrected chi connectivity index (χ3v) is 11.2. The molecule has 0 aliphatic heterocycles. The summed E-state index contributed by atoms with van der Waals surface area (Å²) in [6.45, 7) is 4.62. The lowest BCUT2D eigenvalue weighted by molar-refractivity contribution is 0.637. The fraction of sp³-hybridized carbons (Fsp3) is 0.0566. The van der Waals surface area contributed by atoms with Crippen LogP contribution in [0.3, 0.4) is 0 Å². The minimum Gasteiger partial charge on any atom is -0.231 e. The van der Waals surface area contributed by atoms with Crippen molar-refractivity contribution in [3.05, 3.63) is 205 Å². The normalized spacial score (nSPS) is 12.7. The van der Waals surface area contributed by atoms with Crippen molar-refractivity contribution in [1.29, 1.82) is 0 Å². The number of aromatic nitrogens is 2. The highest BCUT2D eigenvalue weighted by atomic mass is 14.9. The van der Waals surface area contributed by atoms with Gasteiger partial charge in [0.2, 0.25) is 0 Å². The van der Waals surface area contributed by atoms with Gasteiger partial charge in [0.15, 0.2) is 5.82 Å². The highest BCUT2D eigenvalue weighted by Crippen LogP contribution is 2.52. The topological polar surface area (TPSA) is 25.8 Å². The van der Waals surface area contributed by atoms with Gasteiger partial charge in [-0.3, -0.25) is 0 Å². The fourth-order valence-corrected chi connectivity index (χ4v) is 8.30. The molecule has 2 heteroatoms. The Hall–Kier alpha value is -6.90. The number of fused-ring (bicyclic) bond motifs is 4. The summed E-state index contributed by atoms with van der Waals surface area (Å²) in [4.78, 5) is 11.0. The van der Waals surface area contributed by atoms with Gasteiger partial charge in [-0.15, -0.1) is 0 Å². The van der Waals surface area contributed by atoms with Crippen molar-refractivity contribution in [2.45, 2.75) is 19.3 Å². The largest absolute Gasteiger partial charge is 0.231 e. The van der Waals surface area contributed by atoms with Crippen molar-refractivity contribution >= 4 is 10.8 Å². The molecule has 1 heterocycles. The van der Waals surface area contributed by atoms with Crippen LogP contribution in [0.4, 0.5) is 0 Å². The predicted molar refractivity (Wildman–Crippen MR) is 230 cm³/mol. The third-order valence-electron chi connectivity index (χ3n) is 11.2. The molecular formula is C53H38N2. The van der Waals surface area contributed by atoms with E-state index in [0.717, 1.165) is 50.6 Å². The Kier molecular flexibility index (Phi) is 7.85. The monoisotopic (exact) mass is 702 g/mol. The molecule has 1 aliphatic rings. The predicted octanol–water partition coefficient (Wildman–Crippen LogP) is 13.9. The maximum Gasteiger partial charge on any atom is 0.160 e. The Morgan fingerprint density at radius 3 is 1.29 bits per heavy atom. The van der Waals surface area contributed by atoms with Gasteiger partial charge in [0.05, 0.1) is 11.4 Å². The van der Waals surface area contributed by atoms with E-state index in [-0.39, 0.29) is 5.41 Å². The summed E-state index contributed by atoms with van der Waals surface area (Å²) in [6, 6.07) is 69.6. The molecule has 10 rings (SSSR count). The standard InChI is InChI=1S/C53H38N2/c1-53(2)48-34-44-20-10-9-19-43(44)33-47(48)49-50(45-27-13-25-41(31-45)39-23-11-21-37(29-39)35-15-5-3-6-16-35)54-52(55-51(49)53)46-28-14-26-42(32-46)40-24-12-22-38(30-40)36-17-7-4-8-18-36/h3-34H,1-2H3. The molecule has 0 atom stereocenters. The third kappa shape index (κ3) is 5.84. The van der Waals surface area contributed by atoms with Crippen LogP contribution in [-0.4, -0.2) is 9.97 Å². The molecule has 0 amide bonds. The zero-order chi connectivity index (χ0) is 36.9. The second-order valence-corrected chi connectivity index (χ2v) is 15.0. The summed E-state index contributed by atoms with van der Waals surface area (Å²) < 4.78 is 0. The fourth-order valence-electron chi connectivity index (χ4n) is 8.30. The van der Waals surface area contributed by atoms with Crippen LogP contribution in [0.15, 0.2) is 194 Å². The first-order valence-electron chi connectivity index (χ1n) is 19.0. The van der Waals surface area contributed by atoms with E-state index in [2.05, 4.69) is 208 Å². The Bertz CT molecular complexity index is 2890. The molecule has 1 aromatic heterocycles. The number of hydrogen-bond donors (Lipinski definition) is 0. The number of rotatable bonds is 6. The van der Waals surface area contributed by atoms with E-state index >= 15 is 0 Å². The van der Waals surface area contributed by atoms with Crippen LogP contribution in [0.1, 0.15) is 25.1 Å². The number of hydrogen-bond acceptors (Lipinski definition) is 2. The summed E-state index contributed by atoms with van der Waals surface area (Å²) in [6.07, 6.45) is 0. The van der Waals surface area contributed by atoms with Crippen LogP contribution in [0.5, 0.6) is 0 Å². The molecule has 9 aromatic rings. The van der Waals surface area contributed by atoms with E-state index in [1.807, 2.05) is 0 Å². The van der Waals surface area contributed by atoms with Crippen LogP contribution in [0, 0.1) is 0 Å². The SMILES string of the molecule is CC1(C)c2cc3ccccc3cc2-c2c(-c3cccc(-c4cccc(-c5ccccc5)c4)c3)nc(-c3cccc(-c4cccc(-c5ccccc5)c4)c3)nc21. The molecule has 0 spiro atoms. The maximum atomic E-state index is 5.52. The minimum atomic E-state index is -0.329. The molecule has 0 radical (unpaired) electrons. The van der Waals surface area contributed by atoms with E-state index in [9.17, 15) is 0 Å². The van der Waals surface area contributed by atoms with Crippen LogP contribution in [0.2, 0.25) is 0 Å². The van der Waals surface area contributed by atoms with Gasteiger partial charge in [0, 0.05) is 22.1 Å². The molecule has 0 unspecified atom stereocenters. The highest BCUT2D eigenvalue weighted by molar-refractivity contribution is 5.98. The van der Waals surface area contributed by atoms with Gasteiger partial charge < -0.3 is 0 Å². The molecule has 260 valence electrons. The van der Waals surface area contributed by atoms with Gasteiger partial charge in [-0.25, -0.2) is 9.97 Å². The van der Waals surface area contributed by atoms with Gasteiger partial charge in [0.25, 0.3) is 0 Å². The molecule has 0 saturated heterocycles. The number of nitrogens with zero attached hydrogens (tertiary/aromatic N) is 2. The second-order valence-electron chi connectivity index (χ2n) is 15.0. The highest BCUT2D eigenvalue weighted by Gasteiger charge is 2.40. The summed E-state index contributed by atoms with van der Waals surface area (Å²) in [5, 5.41) is 2.46. The summed E-state index contributed by atoms with van der Waals surface area (Å²) in [5.74, 6) is 0.733. The zero-order valence-electron chi connectivity index (χ0n) is 30.9. The lowest BCUT2D eigenvalue weighted by atomic mass is 9.84. The van der Waals surface area contributed by atoms with Crippen LogP contribution in [0.25, 0.3) is 89.1 Å². The second kappa shape index (κ2) is 13.2. The molecule has 0 bridgehead atoms. The molecule has 8 aromatic carbocycles. The van der Waals surface area contributed by atoms with E-state index in [1.165, 1.54) is 49.7 Å². The first kappa shape index (κ1) is 32.7. The summed E-state index contributed by atoms with van der Waals surface area (Å²) in [7, 11) is 0. The molecule has 2 nitrogen and oxygen atoms in total. The van der Waals surface area contributed by atoms with Crippen molar-refractivity contribution in [1.82, 2.24) is 9.97 Å². The smallest absolute Gasteiger partial charge is 0.160 e. The lowest BCUT2D eigenvalue weighted by Gasteiger charge is -2.21. The van der Waals surface area contributed by atoms with Crippen molar-refractivity contribution < 1.29 is 0 Å². The average Bonchev–Trinajstić information content (AvgIpc) is 3.48. The zero-order valence-corrected chi connectivity index (χ0v) is 30.9. The van der Waals surface area contributed by atoms with Crippen LogP contribution in [-0.2, 0) is 5.41 Å². The Balaban J connectivity index is 1.15. The Morgan fingerprint density at radius 1 is 0.345 bits per heavy atom. The average molecular weight is 703 g/mol. The molecule has 0 N–H and O–H groups in total. The van der Waals surface area contributed by atoms with Gasteiger partial charge in [-0.05, 0) is 103 Å². The van der Waals surface area contributed by atoms with Crippen molar-refractivity contribution in [2.24, 2.45) is 0 Å². The van der Waals surface area contributed by atoms with E-state index in [0.29, 0.717) is 0 Å². The van der Waals surface area contributed by atoms with Crippen molar-refractivity contribution in [2.75, 3.05) is 0 Å². The van der Waals surface area contributed by atoms with E-state index < -0.39 is 0 Å². The Morgan fingerprint density at radius 2 is 0.745 bits per heavy atom. The van der Waals surface area contributed by atoms with Crippen LogP contribution >= 0.6 is 0 Å². The number of benzene rings is 8. The first-order chi connectivity index (χ1) is 27.0. The Labute approximate surface area is 322 Å². The molecule has 0 fully saturated rings. The molecule has 55 heavy (non-hydrogen) atoms. The molecule has 0 saturated carbocycles. The van der Waals surface area contributed by atoms with Crippen LogP contribution < -0.4 is 0 Å². The minimum absolute atomic E-state index is 0.329. The van der Waals surface area contributed by atoms with Gasteiger partial charge in [-0.1, -0.05) is 172 Å². The first-order valence-corrected chi connectivity index (χ1v) is 19.0. The van der Waals surface area contributed by atoms with Gasteiger partial charge in [-0.2, -0.15) is 0 Å². The molecule has 1 aliphatic carbocycles. The summed E-state index contributed by atoms with van der Waals surface area (Å²) >= 11 is 0.